The number of amides is 1. The molecule has 132 valence electrons. The first-order valence-electron chi connectivity index (χ1n) is 7.97. The number of carbonyl (C=O) groups is 1. The Bertz CT molecular complexity index is 751. The molecule has 0 spiro atoms. The zero-order valence-corrected chi connectivity index (χ0v) is 13.5. The molecule has 3 rings (SSSR count). The van der Waals surface area contributed by atoms with Gasteiger partial charge in [-0.3, -0.25) is 4.79 Å². The van der Waals surface area contributed by atoms with Crippen LogP contribution in [0.15, 0.2) is 30.5 Å². The molecule has 1 aliphatic rings. The molecule has 1 saturated heterocycles. The summed E-state index contributed by atoms with van der Waals surface area (Å²) in [7, 11) is 0. The van der Waals surface area contributed by atoms with Gasteiger partial charge in [-0.1, -0.05) is 6.07 Å². The van der Waals surface area contributed by atoms with Gasteiger partial charge in [0.15, 0.2) is 0 Å². The molecule has 1 aromatic heterocycles. The Morgan fingerprint density at radius 2 is 2.04 bits per heavy atom. The van der Waals surface area contributed by atoms with Crippen molar-refractivity contribution >= 4 is 11.9 Å². The lowest BCUT2D eigenvalue weighted by Gasteiger charge is -2.26. The molecule has 25 heavy (non-hydrogen) atoms. The van der Waals surface area contributed by atoms with Crippen LogP contribution in [0, 0.1) is 11.6 Å². The fourth-order valence-electron chi connectivity index (χ4n) is 2.49. The van der Waals surface area contributed by atoms with E-state index >= 15 is 0 Å². The van der Waals surface area contributed by atoms with E-state index in [4.69, 9.17) is 4.74 Å². The van der Waals surface area contributed by atoms with Gasteiger partial charge in [0, 0.05) is 25.4 Å². The maximum absolute atomic E-state index is 13.6. The molecule has 0 aliphatic carbocycles. The van der Waals surface area contributed by atoms with Gasteiger partial charge in [0.1, 0.15) is 11.6 Å². The first-order chi connectivity index (χ1) is 12.1. The summed E-state index contributed by atoms with van der Waals surface area (Å²) < 4.78 is 31.8. The van der Waals surface area contributed by atoms with E-state index in [0.717, 1.165) is 25.2 Å². The van der Waals surface area contributed by atoms with Gasteiger partial charge in [-0.2, -0.15) is 0 Å². The van der Waals surface area contributed by atoms with E-state index in [0.29, 0.717) is 24.9 Å². The van der Waals surface area contributed by atoms with Crippen LogP contribution in [0.1, 0.15) is 11.3 Å². The molecule has 2 aromatic rings. The lowest BCUT2D eigenvalue weighted by molar-refractivity contribution is -0.120. The molecule has 1 aromatic carbocycles. The standard InChI is InChI=1S/C17H18F2N4O2/c18-13-2-1-12(15(19)10-13)9-16(24)21-11-14-3-4-20-17(22-14)23-5-7-25-8-6-23/h1-4,10H,5-9,11H2,(H,21,24). The zero-order valence-electron chi connectivity index (χ0n) is 13.5. The largest absolute Gasteiger partial charge is 0.378 e. The highest BCUT2D eigenvalue weighted by atomic mass is 19.1. The Balaban J connectivity index is 1.56. The summed E-state index contributed by atoms with van der Waals surface area (Å²) in [4.78, 5) is 22.6. The quantitative estimate of drug-likeness (QED) is 0.886. The number of hydrogen-bond donors (Lipinski definition) is 1. The van der Waals surface area contributed by atoms with Gasteiger partial charge in [-0.05, 0) is 17.7 Å². The van der Waals surface area contributed by atoms with Crippen molar-refractivity contribution in [2.75, 3.05) is 31.2 Å². The molecule has 0 saturated carbocycles. The van der Waals surface area contributed by atoms with E-state index in [1.807, 2.05) is 4.90 Å². The van der Waals surface area contributed by atoms with E-state index in [1.165, 1.54) is 6.07 Å². The Labute approximate surface area is 143 Å². The number of halogens is 2. The van der Waals surface area contributed by atoms with Crippen molar-refractivity contribution < 1.29 is 18.3 Å². The molecule has 2 heterocycles. The second kappa shape index (κ2) is 7.98. The molecule has 0 bridgehead atoms. The number of benzene rings is 1. The van der Waals surface area contributed by atoms with Crippen molar-refractivity contribution in [3.63, 3.8) is 0 Å². The fourth-order valence-corrected chi connectivity index (χ4v) is 2.49. The predicted octanol–water partition coefficient (Wildman–Crippen LogP) is 1.45. The third-order valence-electron chi connectivity index (χ3n) is 3.83. The average Bonchev–Trinajstić information content (AvgIpc) is 2.63. The maximum atomic E-state index is 13.6. The molecule has 6 nitrogen and oxygen atoms in total. The summed E-state index contributed by atoms with van der Waals surface area (Å²) in [6.07, 6.45) is 1.48. The highest BCUT2D eigenvalue weighted by molar-refractivity contribution is 5.78. The minimum absolute atomic E-state index is 0.149. The lowest BCUT2D eigenvalue weighted by atomic mass is 10.1. The number of carbonyl (C=O) groups excluding carboxylic acids is 1. The molecular weight excluding hydrogens is 330 g/mol. The predicted molar refractivity (Wildman–Crippen MR) is 87.0 cm³/mol. The third kappa shape index (κ3) is 4.69. The number of ether oxygens (including phenoxy) is 1. The normalized spacial score (nSPS) is 14.4. The molecule has 1 aliphatic heterocycles. The monoisotopic (exact) mass is 348 g/mol. The Kier molecular flexibility index (Phi) is 5.49. The van der Waals surface area contributed by atoms with Crippen LogP contribution in [0.3, 0.4) is 0 Å². The second-order valence-corrected chi connectivity index (χ2v) is 5.64. The van der Waals surface area contributed by atoms with Crippen molar-refractivity contribution in [1.29, 1.82) is 0 Å². The van der Waals surface area contributed by atoms with Crippen LogP contribution < -0.4 is 10.2 Å². The summed E-state index contributed by atoms with van der Waals surface area (Å²) in [5.41, 5.74) is 0.806. The maximum Gasteiger partial charge on any atom is 0.225 e. The van der Waals surface area contributed by atoms with Crippen LogP contribution in [0.5, 0.6) is 0 Å². The number of morpholine rings is 1. The lowest BCUT2D eigenvalue weighted by Crippen LogP contribution is -2.37. The fraction of sp³-hybridized carbons (Fsp3) is 0.353. The Hall–Kier alpha value is -2.61. The SMILES string of the molecule is O=C(Cc1ccc(F)cc1F)NCc1ccnc(N2CCOCC2)n1. The molecular formula is C17H18F2N4O2. The smallest absolute Gasteiger partial charge is 0.225 e. The van der Waals surface area contributed by atoms with Crippen LogP contribution in [-0.2, 0) is 22.5 Å². The summed E-state index contributed by atoms with van der Waals surface area (Å²) in [6, 6.07) is 4.88. The van der Waals surface area contributed by atoms with E-state index in [2.05, 4.69) is 15.3 Å². The summed E-state index contributed by atoms with van der Waals surface area (Å²) in [5.74, 6) is -1.17. The highest BCUT2D eigenvalue weighted by Crippen LogP contribution is 2.11. The van der Waals surface area contributed by atoms with Crippen LogP contribution in [0.2, 0.25) is 0 Å². The number of hydrogen-bond acceptors (Lipinski definition) is 5. The van der Waals surface area contributed by atoms with Crippen molar-refractivity contribution in [1.82, 2.24) is 15.3 Å². The average molecular weight is 348 g/mol. The first kappa shape index (κ1) is 17.2. The zero-order chi connectivity index (χ0) is 17.6. The van der Waals surface area contributed by atoms with Crippen molar-refractivity contribution in [2.45, 2.75) is 13.0 Å². The topological polar surface area (TPSA) is 67.4 Å². The highest BCUT2D eigenvalue weighted by Gasteiger charge is 2.14. The van der Waals surface area contributed by atoms with Gasteiger partial charge < -0.3 is 15.0 Å². The van der Waals surface area contributed by atoms with Gasteiger partial charge in [0.2, 0.25) is 11.9 Å². The molecule has 1 fully saturated rings. The number of aromatic nitrogens is 2. The number of nitrogens with zero attached hydrogens (tertiary/aromatic N) is 3. The van der Waals surface area contributed by atoms with Gasteiger partial charge in [0.05, 0.1) is 31.9 Å². The summed E-state index contributed by atoms with van der Waals surface area (Å²) >= 11 is 0. The summed E-state index contributed by atoms with van der Waals surface area (Å²) in [5, 5.41) is 2.69. The molecule has 1 N–H and O–H groups in total. The third-order valence-corrected chi connectivity index (χ3v) is 3.83. The Morgan fingerprint density at radius 3 is 2.80 bits per heavy atom. The van der Waals surface area contributed by atoms with Crippen molar-refractivity contribution in [3.8, 4) is 0 Å². The van der Waals surface area contributed by atoms with E-state index in [1.54, 1.807) is 12.3 Å². The van der Waals surface area contributed by atoms with E-state index in [-0.39, 0.29) is 24.4 Å². The molecule has 1 amide bonds. The van der Waals surface area contributed by atoms with Crippen LogP contribution in [0.4, 0.5) is 14.7 Å². The molecule has 0 radical (unpaired) electrons. The minimum Gasteiger partial charge on any atom is -0.378 e. The van der Waals surface area contributed by atoms with Gasteiger partial charge >= 0.3 is 0 Å². The number of rotatable bonds is 5. The van der Waals surface area contributed by atoms with E-state index in [9.17, 15) is 13.6 Å². The van der Waals surface area contributed by atoms with Crippen LogP contribution in [-0.4, -0.2) is 42.2 Å². The van der Waals surface area contributed by atoms with Gasteiger partial charge in [-0.25, -0.2) is 18.7 Å². The number of anilines is 1. The number of nitrogens with one attached hydrogen (secondary N) is 1. The van der Waals surface area contributed by atoms with Crippen LogP contribution in [0.25, 0.3) is 0 Å². The van der Waals surface area contributed by atoms with Gasteiger partial charge in [-0.15, -0.1) is 0 Å². The first-order valence-corrected chi connectivity index (χ1v) is 7.97. The Morgan fingerprint density at radius 1 is 1.24 bits per heavy atom. The van der Waals surface area contributed by atoms with Crippen molar-refractivity contribution in [2.24, 2.45) is 0 Å². The van der Waals surface area contributed by atoms with Crippen molar-refractivity contribution in [3.05, 3.63) is 53.4 Å². The second-order valence-electron chi connectivity index (χ2n) is 5.64. The van der Waals surface area contributed by atoms with Gasteiger partial charge in [0.25, 0.3) is 0 Å². The van der Waals surface area contributed by atoms with E-state index < -0.39 is 11.6 Å². The molecule has 8 heteroatoms. The van der Waals surface area contributed by atoms with Crippen LogP contribution >= 0.6 is 0 Å². The molecule has 0 atom stereocenters. The minimum atomic E-state index is -0.730. The molecule has 0 unspecified atom stereocenters. The summed E-state index contributed by atoms with van der Waals surface area (Å²) in [6.45, 7) is 2.92.